The molecule has 2 heterocycles. The van der Waals surface area contributed by atoms with Crippen LogP contribution in [-0.4, -0.2) is 19.5 Å². The summed E-state index contributed by atoms with van der Waals surface area (Å²) in [5, 5.41) is -0.295. The third kappa shape index (κ3) is 6.06. The Hall–Kier alpha value is -7.43. The first-order valence-corrected chi connectivity index (χ1v) is 17.6. The van der Waals surface area contributed by atoms with Gasteiger partial charge in [-0.2, -0.15) is 0 Å². The minimum atomic E-state index is -0.696. The molecule has 0 atom stereocenters. The van der Waals surface area contributed by atoms with E-state index < -0.39 is 83.6 Å². The van der Waals surface area contributed by atoms with Gasteiger partial charge in [0.2, 0.25) is 0 Å². The van der Waals surface area contributed by atoms with E-state index in [4.69, 9.17) is 24.5 Å². The molecular weight excluding hydrogens is 669 g/mol. The summed E-state index contributed by atoms with van der Waals surface area (Å²) in [6.45, 7) is 0. The first kappa shape index (κ1) is 21.9. The van der Waals surface area contributed by atoms with E-state index in [1.807, 2.05) is 121 Å². The molecule has 0 unspecified atom stereocenters. The molecule has 0 aliphatic rings. The molecule has 4 heteroatoms. The van der Waals surface area contributed by atoms with Crippen LogP contribution in [0.4, 0.5) is 0 Å². The van der Waals surface area contributed by atoms with Crippen LogP contribution in [-0.2, 0) is 0 Å². The van der Waals surface area contributed by atoms with E-state index in [1.165, 1.54) is 4.57 Å². The molecule has 0 fully saturated rings. The van der Waals surface area contributed by atoms with Crippen molar-refractivity contribution >= 4 is 21.8 Å². The molecule has 0 amide bonds. The van der Waals surface area contributed by atoms with Crippen molar-refractivity contribution in [1.82, 2.24) is 19.5 Å². The third-order valence-corrected chi connectivity index (χ3v) is 9.41. The van der Waals surface area contributed by atoms with Crippen LogP contribution in [0.1, 0.15) is 16.4 Å². The molecule has 2 aromatic heterocycles. The van der Waals surface area contributed by atoms with E-state index in [1.54, 1.807) is 12.1 Å². The van der Waals surface area contributed by atoms with Crippen molar-refractivity contribution < 1.29 is 16.4 Å². The van der Waals surface area contributed by atoms with E-state index in [9.17, 15) is 6.85 Å². The normalized spacial score (nSPS) is 14.3. The van der Waals surface area contributed by atoms with Crippen LogP contribution < -0.4 is 0 Å². The SMILES string of the molecule is [2H]c1c([2H])c([2H])c(-c2c([2H])c([2H])c3c(c2[2H])c2c([2H])c([2H])c([2H])c([2H])c2n3-c2ccc(-c3nc(-c4ccccc4)nc(-c4ccccc4)n3)cc2-c2ccc(-c3ccccc3)cc2)c([2H])c1[2H]. The van der Waals surface area contributed by atoms with Crippen molar-refractivity contribution in [3.63, 3.8) is 0 Å². The maximum absolute atomic E-state index is 9.68. The van der Waals surface area contributed by atoms with Gasteiger partial charge in [0.25, 0.3) is 0 Å². The number of fused-ring (bicyclic) bond motifs is 3. The van der Waals surface area contributed by atoms with Gasteiger partial charge in [-0.25, -0.2) is 15.0 Å². The molecule has 0 bridgehead atoms. The summed E-state index contributed by atoms with van der Waals surface area (Å²) in [6, 6.07) is 34.6. The van der Waals surface area contributed by atoms with Gasteiger partial charge in [-0.05, 0) is 64.1 Å². The van der Waals surface area contributed by atoms with E-state index in [-0.39, 0.29) is 21.8 Å². The summed E-state index contributed by atoms with van der Waals surface area (Å²) in [4.78, 5) is 14.8. The molecule has 0 saturated carbocycles. The largest absolute Gasteiger partial charge is 0.309 e. The van der Waals surface area contributed by atoms with Crippen molar-refractivity contribution in [2.45, 2.75) is 0 Å². The van der Waals surface area contributed by atoms with Crippen LogP contribution >= 0.6 is 0 Å². The Kier molecular flexibility index (Phi) is 5.52. The van der Waals surface area contributed by atoms with Crippen LogP contribution in [0.25, 0.3) is 95.0 Å². The van der Waals surface area contributed by atoms with Crippen molar-refractivity contribution in [3.05, 3.63) is 206 Å². The molecule has 0 radical (unpaired) electrons. The lowest BCUT2D eigenvalue weighted by Crippen LogP contribution is -2.02. The summed E-state index contributed by atoms with van der Waals surface area (Å²) in [5.74, 6) is 1.19. The maximum atomic E-state index is 9.68. The Morgan fingerprint density at radius 3 is 1.53 bits per heavy atom. The predicted octanol–water partition coefficient (Wildman–Crippen LogP) is 13.0. The highest BCUT2D eigenvalue weighted by molar-refractivity contribution is 6.11. The Balaban J connectivity index is 1.31. The van der Waals surface area contributed by atoms with Crippen molar-refractivity contribution in [2.24, 2.45) is 0 Å². The highest BCUT2D eigenvalue weighted by Crippen LogP contribution is 2.40. The fourth-order valence-corrected chi connectivity index (χ4v) is 6.77. The fraction of sp³-hybridized carbons (Fsp3) is 0. The van der Waals surface area contributed by atoms with Crippen molar-refractivity contribution in [2.75, 3.05) is 0 Å². The second-order valence-electron chi connectivity index (χ2n) is 12.7. The topological polar surface area (TPSA) is 43.6 Å². The monoisotopic (exact) mass is 714 g/mol. The first-order chi connectivity index (χ1) is 32.3. The highest BCUT2D eigenvalue weighted by atomic mass is 15.0. The molecular formula is C51H34N4. The van der Waals surface area contributed by atoms with Crippen molar-refractivity contribution in [3.8, 4) is 73.2 Å². The molecule has 0 spiro atoms. The molecule has 55 heavy (non-hydrogen) atoms. The van der Waals surface area contributed by atoms with Gasteiger partial charge in [0.1, 0.15) is 0 Å². The Labute approximate surface area is 336 Å². The second-order valence-corrected chi connectivity index (χ2v) is 12.7. The molecule has 10 aromatic rings. The summed E-state index contributed by atoms with van der Waals surface area (Å²) >= 11 is 0. The molecule has 0 N–H and O–H groups in total. The van der Waals surface area contributed by atoms with Crippen molar-refractivity contribution in [1.29, 1.82) is 0 Å². The zero-order chi connectivity index (χ0) is 47.0. The van der Waals surface area contributed by atoms with Crippen LogP contribution in [0.15, 0.2) is 206 Å². The van der Waals surface area contributed by atoms with Crippen LogP contribution in [0, 0.1) is 0 Å². The molecule has 8 aromatic carbocycles. The van der Waals surface area contributed by atoms with Gasteiger partial charge in [-0.3, -0.25) is 0 Å². The average Bonchev–Trinajstić information content (AvgIpc) is 3.74. The fourth-order valence-electron chi connectivity index (χ4n) is 6.77. The standard InChI is InChI=1S/C51H34N4/c1-5-15-35(16-6-1)37-25-27-38(28-26-37)44-34-42(51-53-49(39-19-9-3-10-20-39)52-50(54-51)40-21-11-4-12-22-40)30-32-47(44)55-46-24-14-13-23-43(46)45-33-41(29-31-48(45)55)36-17-7-2-8-18-36/h1-34H/i2D,7D,8D,13D,14D,17D,18D,23D,24D,29D,31D,33D. The van der Waals surface area contributed by atoms with Gasteiger partial charge < -0.3 is 4.57 Å². The lowest BCUT2D eigenvalue weighted by molar-refractivity contribution is 1.07. The molecule has 258 valence electrons. The molecule has 0 saturated heterocycles. The van der Waals surface area contributed by atoms with Gasteiger partial charge in [0.15, 0.2) is 17.5 Å². The van der Waals surface area contributed by atoms with Gasteiger partial charge in [-0.15, -0.1) is 0 Å². The first-order valence-electron chi connectivity index (χ1n) is 23.6. The summed E-state index contributed by atoms with van der Waals surface area (Å²) in [7, 11) is 0. The van der Waals surface area contributed by atoms with Gasteiger partial charge in [0.05, 0.1) is 33.2 Å². The number of hydrogen-bond acceptors (Lipinski definition) is 3. The minimum Gasteiger partial charge on any atom is -0.309 e. The number of para-hydroxylation sites is 1. The number of benzene rings is 8. The lowest BCUT2D eigenvalue weighted by atomic mass is 9.97. The second kappa shape index (κ2) is 13.8. The number of rotatable bonds is 7. The zero-order valence-corrected chi connectivity index (χ0v) is 29.0. The van der Waals surface area contributed by atoms with E-state index in [0.717, 1.165) is 22.3 Å². The average molecular weight is 715 g/mol. The van der Waals surface area contributed by atoms with E-state index in [0.29, 0.717) is 39.9 Å². The summed E-state index contributed by atoms with van der Waals surface area (Å²) in [5.41, 5.74) is 4.38. The summed E-state index contributed by atoms with van der Waals surface area (Å²) in [6.07, 6.45) is 0. The third-order valence-electron chi connectivity index (χ3n) is 9.41. The molecule has 0 aliphatic heterocycles. The minimum absolute atomic E-state index is 0.0894. The Morgan fingerprint density at radius 1 is 0.364 bits per heavy atom. The Morgan fingerprint density at radius 2 is 0.873 bits per heavy atom. The van der Waals surface area contributed by atoms with Crippen LogP contribution in [0.3, 0.4) is 0 Å². The number of hydrogen-bond donors (Lipinski definition) is 0. The molecule has 0 aliphatic carbocycles. The van der Waals surface area contributed by atoms with Gasteiger partial charge >= 0.3 is 0 Å². The quantitative estimate of drug-likeness (QED) is 0.165. The number of aromatic nitrogens is 4. The van der Waals surface area contributed by atoms with Gasteiger partial charge in [0, 0.05) is 33.0 Å². The molecule has 4 nitrogen and oxygen atoms in total. The van der Waals surface area contributed by atoms with E-state index in [2.05, 4.69) is 0 Å². The van der Waals surface area contributed by atoms with Gasteiger partial charge in [-0.1, -0.05) is 170 Å². The Bertz CT molecular complexity index is 3550. The smallest absolute Gasteiger partial charge is 0.164 e. The lowest BCUT2D eigenvalue weighted by Gasteiger charge is -2.17. The number of nitrogens with zero attached hydrogens (tertiary/aromatic N) is 4. The zero-order valence-electron chi connectivity index (χ0n) is 41.0. The maximum Gasteiger partial charge on any atom is 0.164 e. The highest BCUT2D eigenvalue weighted by Gasteiger charge is 2.19. The van der Waals surface area contributed by atoms with Crippen LogP contribution in [0.5, 0.6) is 0 Å². The summed E-state index contributed by atoms with van der Waals surface area (Å²) < 4.78 is 109. The predicted molar refractivity (Wildman–Crippen MR) is 227 cm³/mol. The van der Waals surface area contributed by atoms with Crippen LogP contribution in [0.2, 0.25) is 0 Å². The molecule has 10 rings (SSSR count). The van der Waals surface area contributed by atoms with E-state index >= 15 is 0 Å².